The Kier molecular flexibility index (Phi) is 10.4. The minimum Gasteiger partial charge on any atom is -0.459 e. The average Bonchev–Trinajstić information content (AvgIpc) is 2.49. The number of rotatable bonds is 11. The van der Waals surface area contributed by atoms with Gasteiger partial charge in [0.25, 0.3) is 0 Å². The van der Waals surface area contributed by atoms with Gasteiger partial charge in [-0.25, -0.2) is 18.3 Å². The molecule has 1 rings (SSSR count). The smallest absolute Gasteiger partial charge is 0.459 e. The molecule has 0 radical (unpaired) electrons. The van der Waals surface area contributed by atoms with Gasteiger partial charge in [0.05, 0.1) is 0 Å². The van der Waals surface area contributed by atoms with E-state index in [1.807, 2.05) is 0 Å². The van der Waals surface area contributed by atoms with Gasteiger partial charge in [0.1, 0.15) is 30.5 Å². The summed E-state index contributed by atoms with van der Waals surface area (Å²) in [6.45, 7) is 1.55. The number of carbonyl (C=O) groups is 1. The van der Waals surface area contributed by atoms with Crippen molar-refractivity contribution in [2.75, 3.05) is 0 Å². The molecular weight excluding hydrogens is 532 g/mol. The Morgan fingerprint density at radius 2 is 1.06 bits per heavy atom. The van der Waals surface area contributed by atoms with E-state index < -0.39 is 74.2 Å². The summed E-state index contributed by atoms with van der Waals surface area (Å²) < 4.78 is 67.8. The first-order valence-corrected chi connectivity index (χ1v) is 14.5. The molecule has 190 valence electrons. The number of hydrogen-bond donors (Lipinski definition) is 8. The maximum Gasteiger partial charge on any atom is 0.470 e. The second kappa shape index (κ2) is 11.1. The molecule has 0 bridgehead atoms. The molecule has 1 aliphatic rings. The largest absolute Gasteiger partial charge is 0.470 e. The average molecular weight is 554 g/mol. The number of carbonyl (C=O) groups excluding carboxylic acids is 1. The number of hydrogen-bond acceptors (Lipinski definition) is 10. The monoisotopic (exact) mass is 554 g/mol. The first kappa shape index (κ1) is 29.9. The van der Waals surface area contributed by atoms with Crippen LogP contribution in [0.5, 0.6) is 0 Å². The highest BCUT2D eigenvalue weighted by Crippen LogP contribution is 2.53. The zero-order valence-corrected chi connectivity index (χ0v) is 19.5. The topological polar surface area (TPSA) is 293 Å². The third kappa shape index (κ3) is 11.4. The summed E-state index contributed by atoms with van der Waals surface area (Å²) in [6, 6.07) is 0. The van der Waals surface area contributed by atoms with E-state index in [9.17, 15) is 23.1 Å². The first-order chi connectivity index (χ1) is 14.2. The third-order valence-electron chi connectivity index (χ3n) is 3.63. The second-order valence-corrected chi connectivity index (χ2v) is 11.1. The Labute approximate surface area is 179 Å². The van der Waals surface area contributed by atoms with Crippen LogP contribution >= 0.6 is 31.3 Å². The fourth-order valence-corrected chi connectivity index (χ4v) is 5.05. The predicted molar refractivity (Wildman–Crippen MR) is 97.1 cm³/mol. The third-order valence-corrected chi connectivity index (χ3v) is 5.73. The van der Waals surface area contributed by atoms with E-state index in [1.165, 1.54) is 0 Å². The second-order valence-electron chi connectivity index (χ2n) is 6.33. The summed E-state index contributed by atoms with van der Waals surface area (Å²) in [6.07, 6.45) is -12.5. The van der Waals surface area contributed by atoms with Gasteiger partial charge in [-0.3, -0.25) is 22.9 Å². The van der Waals surface area contributed by atoms with Crippen molar-refractivity contribution in [2.45, 2.75) is 56.7 Å². The van der Waals surface area contributed by atoms with Gasteiger partial charge in [-0.05, 0) is 6.42 Å². The Morgan fingerprint density at radius 3 is 1.44 bits per heavy atom. The maximum absolute atomic E-state index is 11.9. The fourth-order valence-electron chi connectivity index (χ4n) is 2.79. The normalized spacial score (nSPS) is 27.8. The van der Waals surface area contributed by atoms with Gasteiger partial charge in [0.2, 0.25) is 0 Å². The summed E-state index contributed by atoms with van der Waals surface area (Å²) >= 11 is 0. The highest BCUT2D eigenvalue weighted by atomic mass is 31.2. The van der Waals surface area contributed by atoms with Crippen LogP contribution in [0.3, 0.4) is 0 Å². The molecule has 1 saturated carbocycles. The van der Waals surface area contributed by atoms with Crippen LogP contribution in [0.15, 0.2) is 0 Å². The molecule has 0 amide bonds. The summed E-state index contributed by atoms with van der Waals surface area (Å²) in [5.74, 6) is -1.02. The van der Waals surface area contributed by atoms with E-state index >= 15 is 0 Å². The zero-order valence-electron chi connectivity index (χ0n) is 16.0. The maximum atomic E-state index is 11.9. The van der Waals surface area contributed by atoms with Crippen LogP contribution < -0.4 is 0 Å². The van der Waals surface area contributed by atoms with E-state index in [0.29, 0.717) is 0 Å². The Balaban J connectivity index is 3.58. The van der Waals surface area contributed by atoms with Crippen molar-refractivity contribution in [3.8, 4) is 0 Å². The van der Waals surface area contributed by atoms with Crippen molar-refractivity contribution in [3.63, 3.8) is 0 Å². The van der Waals surface area contributed by atoms with Crippen LogP contribution in [-0.2, 0) is 45.9 Å². The molecule has 18 nitrogen and oxygen atoms in total. The minimum atomic E-state index is -5.65. The summed E-state index contributed by atoms with van der Waals surface area (Å²) in [7, 11) is -22.3. The van der Waals surface area contributed by atoms with E-state index in [2.05, 4.69) is 18.1 Å². The molecule has 0 aromatic heterocycles. The van der Waals surface area contributed by atoms with Crippen LogP contribution in [0.25, 0.3) is 0 Å². The lowest BCUT2D eigenvalue weighted by Gasteiger charge is -2.44. The highest BCUT2D eigenvalue weighted by Gasteiger charge is 2.56. The SMILES string of the molecule is CCCC(=O)O[C@H]1C[C@H](OP(=O)(O)O)[C@@H](OP(=O)(O)O)[C@H](OP(=O)(O)O)[C@H]1OP(=O)(O)O. The van der Waals surface area contributed by atoms with E-state index in [0.717, 1.165) is 0 Å². The molecular formula is C10H22O18P4. The van der Waals surface area contributed by atoms with Gasteiger partial charge < -0.3 is 43.9 Å². The first-order valence-electron chi connectivity index (χ1n) is 8.36. The van der Waals surface area contributed by atoms with Crippen molar-refractivity contribution in [1.29, 1.82) is 0 Å². The van der Waals surface area contributed by atoms with Crippen molar-refractivity contribution in [2.24, 2.45) is 0 Å². The van der Waals surface area contributed by atoms with E-state index in [1.54, 1.807) is 6.92 Å². The van der Waals surface area contributed by atoms with Crippen LogP contribution in [0.4, 0.5) is 0 Å². The van der Waals surface area contributed by atoms with Gasteiger partial charge in [-0.15, -0.1) is 0 Å². The van der Waals surface area contributed by atoms with Gasteiger partial charge in [-0.1, -0.05) is 6.92 Å². The number of phosphoric ester groups is 4. The lowest BCUT2D eigenvalue weighted by atomic mass is 9.87. The molecule has 1 aliphatic carbocycles. The van der Waals surface area contributed by atoms with Gasteiger partial charge in [0.15, 0.2) is 0 Å². The lowest BCUT2D eigenvalue weighted by Crippen LogP contribution is -2.59. The molecule has 0 heterocycles. The standard InChI is InChI=1S/C10H22O18P4/c1-2-3-7(11)24-5-4-6(25-29(12,13)14)9(27-31(18,19)20)10(28-32(21,22)23)8(5)26-30(15,16)17/h5-6,8-10H,2-4H2,1H3,(H2,12,13,14)(H2,15,16,17)(H2,18,19,20)(H2,21,22,23)/t5-,6-,8-,9+,10+/m0/s1. The zero-order chi connectivity index (χ0) is 25.1. The molecule has 32 heavy (non-hydrogen) atoms. The molecule has 8 N–H and O–H groups in total. The Morgan fingerprint density at radius 1 is 0.688 bits per heavy atom. The molecule has 0 saturated heterocycles. The van der Waals surface area contributed by atoms with E-state index in [-0.39, 0.29) is 12.8 Å². The lowest BCUT2D eigenvalue weighted by molar-refractivity contribution is -0.186. The van der Waals surface area contributed by atoms with Crippen LogP contribution in [0.2, 0.25) is 0 Å². The summed E-state index contributed by atoms with van der Waals surface area (Å²) in [4.78, 5) is 85.0. The van der Waals surface area contributed by atoms with Crippen molar-refractivity contribution < 1.29 is 85.0 Å². The fraction of sp³-hybridized carbons (Fsp3) is 0.900. The van der Waals surface area contributed by atoms with Crippen molar-refractivity contribution >= 4 is 37.3 Å². The molecule has 5 atom stereocenters. The molecule has 22 heteroatoms. The summed E-state index contributed by atoms with van der Waals surface area (Å²) in [5.41, 5.74) is 0. The molecule has 1 fully saturated rings. The Bertz CT molecular complexity index is 835. The molecule has 0 aliphatic heterocycles. The predicted octanol–water partition coefficient (Wildman–Crippen LogP) is -0.986. The van der Waals surface area contributed by atoms with Gasteiger partial charge >= 0.3 is 37.3 Å². The van der Waals surface area contributed by atoms with E-state index in [4.69, 9.17) is 43.9 Å². The summed E-state index contributed by atoms with van der Waals surface area (Å²) in [5, 5.41) is 0. The van der Waals surface area contributed by atoms with Crippen molar-refractivity contribution in [3.05, 3.63) is 0 Å². The van der Waals surface area contributed by atoms with Gasteiger partial charge in [0, 0.05) is 12.8 Å². The van der Waals surface area contributed by atoms with Crippen LogP contribution in [0, 0.1) is 0 Å². The minimum absolute atomic E-state index is 0.227. The molecule has 0 spiro atoms. The van der Waals surface area contributed by atoms with Crippen LogP contribution in [0.1, 0.15) is 26.2 Å². The van der Waals surface area contributed by atoms with Gasteiger partial charge in [-0.2, -0.15) is 0 Å². The van der Waals surface area contributed by atoms with Crippen LogP contribution in [-0.4, -0.2) is 75.6 Å². The quantitative estimate of drug-likeness (QED) is 0.112. The number of phosphoric acid groups is 4. The van der Waals surface area contributed by atoms with Crippen molar-refractivity contribution in [1.82, 2.24) is 0 Å². The molecule has 0 aromatic carbocycles. The number of esters is 1. The molecule has 0 unspecified atom stereocenters. The molecule has 0 aromatic rings. The Hall–Kier alpha value is -0.0900. The number of ether oxygens (including phenoxy) is 1. The highest BCUT2D eigenvalue weighted by molar-refractivity contribution is 7.47.